The molecule has 1 unspecified atom stereocenters. The Kier molecular flexibility index (Phi) is 4.35. The molecule has 0 aromatic heterocycles. The van der Waals surface area contributed by atoms with Gasteiger partial charge in [0.15, 0.2) is 0 Å². The summed E-state index contributed by atoms with van der Waals surface area (Å²) in [5.74, 6) is 0.857. The Bertz CT molecular complexity index is 314. The summed E-state index contributed by atoms with van der Waals surface area (Å²) >= 11 is 0. The van der Waals surface area contributed by atoms with Crippen molar-refractivity contribution < 1.29 is 5.21 Å². The van der Waals surface area contributed by atoms with Gasteiger partial charge in [0, 0.05) is 5.92 Å². The summed E-state index contributed by atoms with van der Waals surface area (Å²) in [7, 11) is 0. The Hall–Kier alpha value is -1.31. The van der Waals surface area contributed by atoms with Gasteiger partial charge in [0.2, 0.25) is 0 Å². The predicted octanol–water partition coefficient (Wildman–Crippen LogP) is 3.45. The summed E-state index contributed by atoms with van der Waals surface area (Å²) in [5, 5.41) is 11.5. The van der Waals surface area contributed by atoms with E-state index in [9.17, 15) is 0 Å². The van der Waals surface area contributed by atoms with Crippen LogP contribution < -0.4 is 0 Å². The highest BCUT2D eigenvalue weighted by Crippen LogP contribution is 2.15. The van der Waals surface area contributed by atoms with Crippen molar-refractivity contribution in [2.45, 2.75) is 33.1 Å². The molecule has 1 aromatic carbocycles. The number of hydrogen-bond donors (Lipinski definition) is 1. The van der Waals surface area contributed by atoms with E-state index in [2.05, 4.69) is 43.3 Å². The third-order valence-electron chi connectivity index (χ3n) is 2.44. The van der Waals surface area contributed by atoms with Crippen LogP contribution in [0.2, 0.25) is 0 Å². The van der Waals surface area contributed by atoms with Crippen LogP contribution in [0.1, 0.15) is 37.8 Å². The zero-order chi connectivity index (χ0) is 11.3. The van der Waals surface area contributed by atoms with E-state index >= 15 is 0 Å². The molecule has 0 spiro atoms. The third-order valence-corrected chi connectivity index (χ3v) is 2.44. The van der Waals surface area contributed by atoms with Crippen LogP contribution in [0.15, 0.2) is 29.4 Å². The first-order valence-electron chi connectivity index (χ1n) is 5.40. The van der Waals surface area contributed by atoms with Gasteiger partial charge in [-0.2, -0.15) is 0 Å². The van der Waals surface area contributed by atoms with Gasteiger partial charge in [0.05, 0.1) is 6.21 Å². The summed E-state index contributed by atoms with van der Waals surface area (Å²) < 4.78 is 0. The topological polar surface area (TPSA) is 32.6 Å². The lowest BCUT2D eigenvalue weighted by Gasteiger charge is -2.08. The molecule has 0 saturated carbocycles. The Balaban J connectivity index is 2.71. The monoisotopic (exact) mass is 205 g/mol. The van der Waals surface area contributed by atoms with E-state index in [1.165, 1.54) is 17.3 Å². The lowest BCUT2D eigenvalue weighted by molar-refractivity contribution is 0.320. The van der Waals surface area contributed by atoms with Crippen molar-refractivity contribution >= 4 is 6.21 Å². The molecular formula is C13H19NO. The Morgan fingerprint density at radius 3 is 2.27 bits per heavy atom. The minimum absolute atomic E-state index is 0.170. The van der Waals surface area contributed by atoms with E-state index in [4.69, 9.17) is 5.21 Å². The van der Waals surface area contributed by atoms with Crippen LogP contribution in [0.5, 0.6) is 0 Å². The Labute approximate surface area is 91.6 Å². The summed E-state index contributed by atoms with van der Waals surface area (Å²) in [5.41, 5.74) is 2.54. The fourth-order valence-electron chi connectivity index (χ4n) is 1.61. The SMILES string of the molecule is CC(C)Cc1ccc(C(C)C=NO)cc1. The highest BCUT2D eigenvalue weighted by molar-refractivity contribution is 5.66. The highest BCUT2D eigenvalue weighted by Gasteiger charge is 2.03. The second-order valence-corrected chi connectivity index (χ2v) is 4.39. The van der Waals surface area contributed by atoms with Crippen molar-refractivity contribution in [2.75, 3.05) is 0 Å². The molecule has 1 rings (SSSR count). The molecule has 1 N–H and O–H groups in total. The molecule has 2 heteroatoms. The van der Waals surface area contributed by atoms with Crippen LogP contribution in [0, 0.1) is 5.92 Å². The van der Waals surface area contributed by atoms with Gasteiger partial charge in [0.25, 0.3) is 0 Å². The largest absolute Gasteiger partial charge is 0.411 e. The van der Waals surface area contributed by atoms with Gasteiger partial charge >= 0.3 is 0 Å². The van der Waals surface area contributed by atoms with Gasteiger partial charge in [-0.3, -0.25) is 0 Å². The van der Waals surface area contributed by atoms with Gasteiger partial charge in [-0.15, -0.1) is 5.16 Å². The minimum Gasteiger partial charge on any atom is -0.411 e. The first-order chi connectivity index (χ1) is 7.13. The molecule has 1 aromatic rings. The van der Waals surface area contributed by atoms with E-state index < -0.39 is 0 Å². The van der Waals surface area contributed by atoms with Crippen LogP contribution in [0.25, 0.3) is 0 Å². The zero-order valence-corrected chi connectivity index (χ0v) is 9.64. The molecule has 0 aliphatic rings. The molecule has 82 valence electrons. The van der Waals surface area contributed by atoms with E-state index in [-0.39, 0.29) is 5.92 Å². The van der Waals surface area contributed by atoms with Gasteiger partial charge in [-0.25, -0.2) is 0 Å². The van der Waals surface area contributed by atoms with Gasteiger partial charge in [-0.1, -0.05) is 45.0 Å². The van der Waals surface area contributed by atoms with Crippen molar-refractivity contribution in [1.82, 2.24) is 0 Å². The Morgan fingerprint density at radius 2 is 1.80 bits per heavy atom. The predicted molar refractivity (Wildman–Crippen MR) is 63.7 cm³/mol. The van der Waals surface area contributed by atoms with Crippen molar-refractivity contribution in [3.63, 3.8) is 0 Å². The maximum atomic E-state index is 8.44. The number of nitrogens with zero attached hydrogens (tertiary/aromatic N) is 1. The molecule has 0 heterocycles. The Morgan fingerprint density at radius 1 is 1.20 bits per heavy atom. The van der Waals surface area contributed by atoms with Crippen LogP contribution in [0.3, 0.4) is 0 Å². The average molecular weight is 205 g/mol. The molecule has 1 atom stereocenters. The van der Waals surface area contributed by atoms with Crippen molar-refractivity contribution in [2.24, 2.45) is 11.1 Å². The normalized spacial score (nSPS) is 13.6. The molecule has 0 bridgehead atoms. The molecule has 0 saturated heterocycles. The second-order valence-electron chi connectivity index (χ2n) is 4.39. The minimum atomic E-state index is 0.170. The molecule has 0 radical (unpaired) electrons. The fraction of sp³-hybridized carbons (Fsp3) is 0.462. The van der Waals surface area contributed by atoms with Crippen molar-refractivity contribution in [1.29, 1.82) is 0 Å². The first kappa shape index (κ1) is 11.8. The summed E-state index contributed by atoms with van der Waals surface area (Å²) in [6, 6.07) is 8.50. The molecule has 0 fully saturated rings. The quantitative estimate of drug-likeness (QED) is 0.456. The molecule has 15 heavy (non-hydrogen) atoms. The highest BCUT2D eigenvalue weighted by atomic mass is 16.4. The maximum Gasteiger partial charge on any atom is 0.0507 e. The van der Waals surface area contributed by atoms with Crippen LogP contribution in [0.4, 0.5) is 0 Å². The third kappa shape index (κ3) is 3.74. The lowest BCUT2D eigenvalue weighted by atomic mass is 9.97. The van der Waals surface area contributed by atoms with Gasteiger partial charge in [0.1, 0.15) is 0 Å². The maximum absolute atomic E-state index is 8.44. The number of hydrogen-bond acceptors (Lipinski definition) is 2. The molecule has 2 nitrogen and oxygen atoms in total. The fourth-order valence-corrected chi connectivity index (χ4v) is 1.61. The van der Waals surface area contributed by atoms with Crippen molar-refractivity contribution in [3.05, 3.63) is 35.4 Å². The number of rotatable bonds is 4. The molecular weight excluding hydrogens is 186 g/mol. The molecule has 0 aliphatic carbocycles. The van der Waals surface area contributed by atoms with Crippen LogP contribution in [-0.2, 0) is 6.42 Å². The molecule has 0 aliphatic heterocycles. The standard InChI is InChI=1S/C13H19NO/c1-10(2)8-12-4-6-13(7-5-12)11(3)9-14-15/h4-7,9-11,15H,8H2,1-3H3. The first-order valence-corrected chi connectivity index (χ1v) is 5.40. The van der Waals surface area contributed by atoms with Crippen LogP contribution in [-0.4, -0.2) is 11.4 Å². The number of oxime groups is 1. The van der Waals surface area contributed by atoms with E-state index in [0.29, 0.717) is 5.92 Å². The van der Waals surface area contributed by atoms with E-state index in [1.807, 2.05) is 6.92 Å². The van der Waals surface area contributed by atoms with E-state index in [1.54, 1.807) is 0 Å². The number of benzene rings is 1. The van der Waals surface area contributed by atoms with Crippen LogP contribution >= 0.6 is 0 Å². The smallest absolute Gasteiger partial charge is 0.0507 e. The second kappa shape index (κ2) is 5.54. The summed E-state index contributed by atoms with van der Waals surface area (Å²) in [6.07, 6.45) is 2.65. The zero-order valence-electron chi connectivity index (χ0n) is 9.64. The summed E-state index contributed by atoms with van der Waals surface area (Å²) in [6.45, 7) is 6.45. The summed E-state index contributed by atoms with van der Waals surface area (Å²) in [4.78, 5) is 0. The molecule has 0 amide bonds. The van der Waals surface area contributed by atoms with Gasteiger partial charge < -0.3 is 5.21 Å². The van der Waals surface area contributed by atoms with E-state index in [0.717, 1.165) is 6.42 Å². The van der Waals surface area contributed by atoms with Gasteiger partial charge in [-0.05, 0) is 23.5 Å². The average Bonchev–Trinajstić information content (AvgIpc) is 2.18. The lowest BCUT2D eigenvalue weighted by Crippen LogP contribution is -1.97. The van der Waals surface area contributed by atoms with Crippen molar-refractivity contribution in [3.8, 4) is 0 Å².